The molecule has 0 saturated carbocycles. The second-order valence-corrected chi connectivity index (χ2v) is 5.39. The van der Waals surface area contributed by atoms with E-state index in [-0.39, 0.29) is 6.42 Å². The van der Waals surface area contributed by atoms with E-state index in [4.69, 9.17) is 22.1 Å². The molecule has 1 aliphatic rings. The monoisotopic (exact) mass is 255 g/mol. The molecule has 0 aromatic heterocycles. The van der Waals surface area contributed by atoms with Gasteiger partial charge in [-0.3, -0.25) is 0 Å². The molecule has 0 saturated heterocycles. The molecule has 2 rings (SSSR count). The minimum Gasteiger partial charge on any atom is -0.487 e. The zero-order chi connectivity index (χ0) is 12.8. The van der Waals surface area contributed by atoms with E-state index in [2.05, 4.69) is 0 Å². The Bertz CT molecular complexity index is 487. The number of carboxylic acids is 1. The SMILES string of the molecule is CC1(C)CC(N)(C(=O)O)c2cc(Cl)ccc2O1. The van der Waals surface area contributed by atoms with Crippen molar-refractivity contribution in [2.24, 2.45) is 5.73 Å². The van der Waals surface area contributed by atoms with Crippen molar-refractivity contribution in [3.8, 4) is 5.75 Å². The van der Waals surface area contributed by atoms with Gasteiger partial charge in [0.25, 0.3) is 0 Å². The van der Waals surface area contributed by atoms with Gasteiger partial charge in [0.15, 0.2) is 0 Å². The molecule has 0 bridgehead atoms. The van der Waals surface area contributed by atoms with Crippen LogP contribution in [0.1, 0.15) is 25.8 Å². The Morgan fingerprint density at radius 3 is 2.76 bits per heavy atom. The highest BCUT2D eigenvalue weighted by Crippen LogP contribution is 2.43. The zero-order valence-electron chi connectivity index (χ0n) is 9.66. The Kier molecular flexibility index (Phi) is 2.60. The fraction of sp³-hybridized carbons (Fsp3) is 0.417. The van der Waals surface area contributed by atoms with Crippen LogP contribution < -0.4 is 10.5 Å². The molecule has 0 spiro atoms. The lowest BCUT2D eigenvalue weighted by atomic mass is 9.78. The van der Waals surface area contributed by atoms with Gasteiger partial charge in [0.2, 0.25) is 0 Å². The van der Waals surface area contributed by atoms with E-state index in [0.717, 1.165) is 0 Å². The molecule has 1 heterocycles. The average Bonchev–Trinajstić information content (AvgIpc) is 2.18. The van der Waals surface area contributed by atoms with Crippen molar-refractivity contribution >= 4 is 17.6 Å². The van der Waals surface area contributed by atoms with Crippen molar-refractivity contribution in [2.75, 3.05) is 0 Å². The van der Waals surface area contributed by atoms with Crippen LogP contribution in [0, 0.1) is 0 Å². The fourth-order valence-electron chi connectivity index (χ4n) is 2.23. The highest BCUT2D eigenvalue weighted by Gasteiger charge is 2.48. The highest BCUT2D eigenvalue weighted by molar-refractivity contribution is 6.30. The Hall–Kier alpha value is -1.26. The largest absolute Gasteiger partial charge is 0.487 e. The van der Waals surface area contributed by atoms with Gasteiger partial charge in [0.05, 0.1) is 0 Å². The molecule has 0 fully saturated rings. The minimum atomic E-state index is -1.46. The minimum absolute atomic E-state index is 0.197. The summed E-state index contributed by atoms with van der Waals surface area (Å²) in [5, 5.41) is 9.79. The molecule has 5 heteroatoms. The summed E-state index contributed by atoms with van der Waals surface area (Å²) in [6.45, 7) is 3.63. The number of hydrogen-bond donors (Lipinski definition) is 2. The van der Waals surface area contributed by atoms with Crippen LogP contribution in [0.15, 0.2) is 18.2 Å². The van der Waals surface area contributed by atoms with Gasteiger partial charge in [-0.1, -0.05) is 11.6 Å². The normalized spacial score (nSPS) is 25.9. The van der Waals surface area contributed by atoms with Crippen LogP contribution in [0.25, 0.3) is 0 Å². The van der Waals surface area contributed by atoms with Gasteiger partial charge in [-0.05, 0) is 32.0 Å². The summed E-state index contributed by atoms with van der Waals surface area (Å²) in [4.78, 5) is 11.4. The number of carbonyl (C=O) groups is 1. The summed E-state index contributed by atoms with van der Waals surface area (Å²) in [7, 11) is 0. The molecular weight excluding hydrogens is 242 g/mol. The molecule has 17 heavy (non-hydrogen) atoms. The zero-order valence-corrected chi connectivity index (χ0v) is 10.4. The topological polar surface area (TPSA) is 72.6 Å². The number of carboxylic acid groups (broad SMARTS) is 1. The lowest BCUT2D eigenvalue weighted by molar-refractivity contribution is -0.147. The van der Waals surface area contributed by atoms with E-state index in [0.29, 0.717) is 16.3 Å². The molecule has 1 atom stereocenters. The molecule has 1 unspecified atom stereocenters. The van der Waals surface area contributed by atoms with Crippen molar-refractivity contribution in [3.05, 3.63) is 28.8 Å². The number of halogens is 1. The molecule has 1 aliphatic heterocycles. The summed E-state index contributed by atoms with van der Waals surface area (Å²) >= 11 is 5.88. The van der Waals surface area contributed by atoms with Gasteiger partial charge in [-0.15, -0.1) is 0 Å². The standard InChI is InChI=1S/C12H14ClNO3/c1-11(2)6-12(14,10(15)16)8-5-7(13)3-4-9(8)17-11/h3-5H,6,14H2,1-2H3,(H,15,16). The summed E-state index contributed by atoms with van der Waals surface area (Å²) < 4.78 is 5.72. The quantitative estimate of drug-likeness (QED) is 0.806. The lowest BCUT2D eigenvalue weighted by Gasteiger charge is -2.41. The first-order chi connectivity index (χ1) is 7.74. The molecule has 0 amide bonds. The summed E-state index contributed by atoms with van der Waals surface area (Å²) in [5.74, 6) is -0.590. The molecule has 0 radical (unpaired) electrons. The smallest absolute Gasteiger partial charge is 0.328 e. The Morgan fingerprint density at radius 1 is 1.53 bits per heavy atom. The van der Waals surface area contributed by atoms with Crippen LogP contribution in [0.3, 0.4) is 0 Å². The first-order valence-electron chi connectivity index (χ1n) is 5.26. The van der Waals surface area contributed by atoms with Crippen LogP contribution in [0.2, 0.25) is 5.02 Å². The van der Waals surface area contributed by atoms with Gasteiger partial charge in [-0.2, -0.15) is 0 Å². The summed E-state index contributed by atoms with van der Waals surface area (Å²) in [5.41, 5.74) is 4.37. The van der Waals surface area contributed by atoms with E-state index in [1.807, 2.05) is 13.8 Å². The molecule has 0 aliphatic carbocycles. The summed E-state index contributed by atoms with van der Waals surface area (Å²) in [6.07, 6.45) is 0.197. The average molecular weight is 256 g/mol. The maximum atomic E-state index is 11.4. The Morgan fingerprint density at radius 2 is 2.18 bits per heavy atom. The van der Waals surface area contributed by atoms with Gasteiger partial charge < -0.3 is 15.6 Å². The van der Waals surface area contributed by atoms with E-state index in [1.54, 1.807) is 18.2 Å². The van der Waals surface area contributed by atoms with Gasteiger partial charge in [0, 0.05) is 17.0 Å². The maximum Gasteiger partial charge on any atom is 0.328 e. The molecule has 92 valence electrons. The third kappa shape index (κ3) is 1.98. The van der Waals surface area contributed by atoms with Gasteiger partial charge in [-0.25, -0.2) is 4.79 Å². The molecular formula is C12H14ClNO3. The van der Waals surface area contributed by atoms with Crippen molar-refractivity contribution < 1.29 is 14.6 Å². The molecule has 1 aromatic carbocycles. The second kappa shape index (κ2) is 3.62. The molecule has 4 nitrogen and oxygen atoms in total. The van der Waals surface area contributed by atoms with Gasteiger partial charge >= 0.3 is 5.97 Å². The van der Waals surface area contributed by atoms with Crippen LogP contribution in [-0.2, 0) is 10.3 Å². The Labute approximate surface area is 104 Å². The molecule has 3 N–H and O–H groups in total. The number of nitrogens with two attached hydrogens (primary N) is 1. The van der Waals surface area contributed by atoms with E-state index in [9.17, 15) is 9.90 Å². The maximum absolute atomic E-state index is 11.4. The fourth-order valence-corrected chi connectivity index (χ4v) is 2.40. The van der Waals surface area contributed by atoms with Crippen LogP contribution in [0.4, 0.5) is 0 Å². The number of aliphatic carboxylic acids is 1. The number of rotatable bonds is 1. The first-order valence-corrected chi connectivity index (χ1v) is 5.64. The van der Waals surface area contributed by atoms with Crippen LogP contribution >= 0.6 is 11.6 Å². The second-order valence-electron chi connectivity index (χ2n) is 4.96. The first kappa shape index (κ1) is 12.2. The predicted octanol–water partition coefficient (Wildman–Crippen LogP) is 2.14. The number of hydrogen-bond acceptors (Lipinski definition) is 3. The van der Waals surface area contributed by atoms with E-state index >= 15 is 0 Å². The Balaban J connectivity index is 2.64. The van der Waals surface area contributed by atoms with Crippen LogP contribution in [-0.4, -0.2) is 16.7 Å². The summed E-state index contributed by atoms with van der Waals surface area (Å²) in [6, 6.07) is 4.87. The number of benzene rings is 1. The van der Waals surface area contributed by atoms with Crippen LogP contribution in [0.5, 0.6) is 5.75 Å². The van der Waals surface area contributed by atoms with Gasteiger partial charge in [0.1, 0.15) is 16.9 Å². The van der Waals surface area contributed by atoms with Crippen molar-refractivity contribution in [1.29, 1.82) is 0 Å². The predicted molar refractivity (Wildman–Crippen MR) is 64.3 cm³/mol. The van der Waals surface area contributed by atoms with Crippen molar-refractivity contribution in [3.63, 3.8) is 0 Å². The third-order valence-electron chi connectivity index (χ3n) is 2.89. The lowest BCUT2D eigenvalue weighted by Crippen LogP contribution is -2.54. The third-order valence-corrected chi connectivity index (χ3v) is 3.13. The number of fused-ring (bicyclic) bond motifs is 1. The highest BCUT2D eigenvalue weighted by atomic mass is 35.5. The van der Waals surface area contributed by atoms with E-state index < -0.39 is 17.1 Å². The van der Waals surface area contributed by atoms with E-state index in [1.165, 1.54) is 0 Å². The van der Waals surface area contributed by atoms with Crippen molar-refractivity contribution in [1.82, 2.24) is 0 Å². The van der Waals surface area contributed by atoms with Crippen molar-refractivity contribution in [2.45, 2.75) is 31.4 Å². The molecule has 1 aromatic rings. The number of ether oxygens (including phenoxy) is 1.